The van der Waals surface area contributed by atoms with Crippen LogP contribution in [-0.2, 0) is 6.61 Å². The fourth-order valence-corrected chi connectivity index (χ4v) is 2.36. The molecular formula is C19H18N2O4. The van der Waals surface area contributed by atoms with Crippen molar-refractivity contribution in [2.45, 2.75) is 13.5 Å². The zero-order chi connectivity index (χ0) is 17.6. The number of amides is 1. The van der Waals surface area contributed by atoms with Crippen LogP contribution in [0.1, 0.15) is 23.0 Å². The summed E-state index contributed by atoms with van der Waals surface area (Å²) in [5.41, 5.74) is 2.12. The molecule has 0 spiro atoms. The molecular weight excluding hydrogens is 320 g/mol. The molecule has 1 heterocycles. The Balaban J connectivity index is 1.75. The van der Waals surface area contributed by atoms with Gasteiger partial charge in [0.25, 0.3) is 5.91 Å². The normalized spacial score (nSPS) is 10.5. The van der Waals surface area contributed by atoms with Gasteiger partial charge in [0.1, 0.15) is 12.0 Å². The summed E-state index contributed by atoms with van der Waals surface area (Å²) in [6.45, 7) is 2.19. The Bertz CT molecular complexity index is 859. The van der Waals surface area contributed by atoms with Crippen LogP contribution in [0.2, 0.25) is 0 Å². The Labute approximate surface area is 145 Å². The van der Waals surface area contributed by atoms with E-state index in [1.54, 1.807) is 18.2 Å². The van der Waals surface area contributed by atoms with E-state index in [0.29, 0.717) is 29.5 Å². The van der Waals surface area contributed by atoms with Crippen LogP contribution >= 0.6 is 0 Å². The third-order valence-electron chi connectivity index (χ3n) is 3.55. The minimum Gasteiger partial charge on any atom is -0.494 e. The molecule has 0 saturated carbocycles. The first-order chi connectivity index (χ1) is 12.2. The number of aromatic nitrogens is 1. The van der Waals surface area contributed by atoms with Gasteiger partial charge in [-0.25, -0.2) is 4.98 Å². The van der Waals surface area contributed by atoms with Crippen molar-refractivity contribution < 1.29 is 19.1 Å². The average Bonchev–Trinajstić information content (AvgIpc) is 3.14. The molecule has 1 amide bonds. The molecule has 0 saturated heterocycles. The first-order valence-electron chi connectivity index (χ1n) is 7.90. The van der Waals surface area contributed by atoms with E-state index >= 15 is 0 Å². The number of hydrogen-bond donors (Lipinski definition) is 2. The lowest BCUT2D eigenvalue weighted by atomic mass is 10.2. The smallest absolute Gasteiger partial charge is 0.277 e. The van der Waals surface area contributed by atoms with Crippen LogP contribution in [0, 0.1) is 0 Å². The molecule has 2 aromatic carbocycles. The van der Waals surface area contributed by atoms with Gasteiger partial charge in [0.15, 0.2) is 5.69 Å². The minimum atomic E-state index is -0.390. The molecule has 0 bridgehead atoms. The number of aliphatic hydroxyl groups is 1. The monoisotopic (exact) mass is 338 g/mol. The molecule has 0 aliphatic rings. The van der Waals surface area contributed by atoms with Crippen LogP contribution in [-0.4, -0.2) is 22.6 Å². The SMILES string of the molecule is CCOc1ccc(NC(=O)c2coc(-c3ccccc3)n2)cc1CO. The zero-order valence-electron chi connectivity index (χ0n) is 13.7. The van der Waals surface area contributed by atoms with Crippen LogP contribution in [0.15, 0.2) is 59.2 Å². The number of aliphatic hydroxyl groups excluding tert-OH is 1. The molecule has 6 nitrogen and oxygen atoms in total. The number of nitrogens with one attached hydrogen (secondary N) is 1. The van der Waals surface area contributed by atoms with E-state index in [1.807, 2.05) is 37.3 Å². The number of hydrogen-bond acceptors (Lipinski definition) is 5. The maximum atomic E-state index is 12.3. The molecule has 1 aromatic heterocycles. The fourth-order valence-electron chi connectivity index (χ4n) is 2.36. The van der Waals surface area contributed by atoms with Gasteiger partial charge in [0.05, 0.1) is 13.2 Å². The van der Waals surface area contributed by atoms with E-state index in [4.69, 9.17) is 9.15 Å². The average molecular weight is 338 g/mol. The van der Waals surface area contributed by atoms with Crippen molar-refractivity contribution in [2.24, 2.45) is 0 Å². The minimum absolute atomic E-state index is 0.179. The third-order valence-corrected chi connectivity index (χ3v) is 3.55. The Hall–Kier alpha value is -3.12. The van der Waals surface area contributed by atoms with Crippen molar-refractivity contribution in [3.8, 4) is 17.2 Å². The van der Waals surface area contributed by atoms with Gasteiger partial charge in [-0.3, -0.25) is 4.79 Å². The van der Waals surface area contributed by atoms with E-state index in [-0.39, 0.29) is 18.2 Å². The Kier molecular flexibility index (Phi) is 5.11. The van der Waals surface area contributed by atoms with Crippen molar-refractivity contribution in [1.82, 2.24) is 4.98 Å². The lowest BCUT2D eigenvalue weighted by Gasteiger charge is -2.10. The highest BCUT2D eigenvalue weighted by Gasteiger charge is 2.14. The molecule has 0 atom stereocenters. The predicted octanol–water partition coefficient (Wildman–Crippen LogP) is 3.48. The fraction of sp³-hybridized carbons (Fsp3) is 0.158. The molecule has 0 fully saturated rings. The Morgan fingerprint density at radius 2 is 2.04 bits per heavy atom. The van der Waals surface area contributed by atoms with Crippen molar-refractivity contribution in [1.29, 1.82) is 0 Å². The summed E-state index contributed by atoms with van der Waals surface area (Å²) in [5.74, 6) is 0.586. The number of anilines is 1. The highest BCUT2D eigenvalue weighted by molar-refractivity contribution is 6.03. The summed E-state index contributed by atoms with van der Waals surface area (Å²) in [6.07, 6.45) is 1.32. The largest absolute Gasteiger partial charge is 0.494 e. The van der Waals surface area contributed by atoms with Crippen LogP contribution < -0.4 is 10.1 Å². The van der Waals surface area contributed by atoms with E-state index in [0.717, 1.165) is 5.56 Å². The van der Waals surface area contributed by atoms with Gasteiger partial charge in [-0.15, -0.1) is 0 Å². The van der Waals surface area contributed by atoms with E-state index in [2.05, 4.69) is 10.3 Å². The molecule has 3 aromatic rings. The zero-order valence-corrected chi connectivity index (χ0v) is 13.7. The molecule has 0 unspecified atom stereocenters. The molecule has 6 heteroatoms. The number of carbonyl (C=O) groups excluding carboxylic acids is 1. The molecule has 0 radical (unpaired) electrons. The number of nitrogens with zero attached hydrogens (tertiary/aromatic N) is 1. The lowest BCUT2D eigenvalue weighted by Crippen LogP contribution is -2.12. The number of ether oxygens (including phenoxy) is 1. The highest BCUT2D eigenvalue weighted by atomic mass is 16.5. The topological polar surface area (TPSA) is 84.6 Å². The number of rotatable bonds is 6. The highest BCUT2D eigenvalue weighted by Crippen LogP contribution is 2.24. The second-order valence-electron chi connectivity index (χ2n) is 5.27. The summed E-state index contributed by atoms with van der Waals surface area (Å²) in [7, 11) is 0. The van der Waals surface area contributed by atoms with E-state index in [9.17, 15) is 9.90 Å². The number of carbonyl (C=O) groups is 1. The van der Waals surface area contributed by atoms with Crippen LogP contribution in [0.3, 0.4) is 0 Å². The number of oxazole rings is 1. The first-order valence-corrected chi connectivity index (χ1v) is 7.90. The van der Waals surface area contributed by atoms with Gasteiger partial charge in [-0.05, 0) is 37.3 Å². The van der Waals surface area contributed by atoms with Crippen molar-refractivity contribution in [3.05, 3.63) is 66.1 Å². The quantitative estimate of drug-likeness (QED) is 0.719. The standard InChI is InChI=1S/C19H18N2O4/c1-2-24-17-9-8-15(10-14(17)11-22)20-18(23)16-12-25-19(21-16)13-6-4-3-5-7-13/h3-10,12,22H,2,11H2,1H3,(H,20,23). The van der Waals surface area contributed by atoms with Crippen LogP contribution in [0.25, 0.3) is 11.5 Å². The van der Waals surface area contributed by atoms with Gasteiger partial charge < -0.3 is 19.6 Å². The van der Waals surface area contributed by atoms with Crippen molar-refractivity contribution >= 4 is 11.6 Å². The Morgan fingerprint density at radius 1 is 1.24 bits per heavy atom. The van der Waals surface area contributed by atoms with E-state index in [1.165, 1.54) is 6.26 Å². The van der Waals surface area contributed by atoms with Crippen molar-refractivity contribution in [2.75, 3.05) is 11.9 Å². The maximum absolute atomic E-state index is 12.3. The van der Waals surface area contributed by atoms with Gasteiger partial charge in [-0.2, -0.15) is 0 Å². The third kappa shape index (κ3) is 3.87. The Morgan fingerprint density at radius 3 is 2.76 bits per heavy atom. The molecule has 0 aliphatic carbocycles. The van der Waals surface area contributed by atoms with E-state index < -0.39 is 0 Å². The predicted molar refractivity (Wildman–Crippen MR) is 93.4 cm³/mol. The lowest BCUT2D eigenvalue weighted by molar-refractivity contribution is 0.102. The van der Waals surface area contributed by atoms with Crippen LogP contribution in [0.5, 0.6) is 5.75 Å². The van der Waals surface area contributed by atoms with Gasteiger partial charge in [-0.1, -0.05) is 18.2 Å². The van der Waals surface area contributed by atoms with Crippen molar-refractivity contribution in [3.63, 3.8) is 0 Å². The molecule has 25 heavy (non-hydrogen) atoms. The second kappa shape index (κ2) is 7.63. The van der Waals surface area contributed by atoms with Crippen LogP contribution in [0.4, 0.5) is 5.69 Å². The number of benzene rings is 2. The second-order valence-corrected chi connectivity index (χ2v) is 5.27. The van der Waals surface area contributed by atoms with Gasteiger partial charge >= 0.3 is 0 Å². The molecule has 128 valence electrons. The molecule has 0 aliphatic heterocycles. The summed E-state index contributed by atoms with van der Waals surface area (Å²) in [6, 6.07) is 14.4. The summed E-state index contributed by atoms with van der Waals surface area (Å²) >= 11 is 0. The first kappa shape index (κ1) is 16.7. The summed E-state index contributed by atoms with van der Waals surface area (Å²) in [5, 5.41) is 12.2. The summed E-state index contributed by atoms with van der Waals surface area (Å²) in [4.78, 5) is 16.6. The molecule has 2 N–H and O–H groups in total. The van der Waals surface area contributed by atoms with Gasteiger partial charge in [0.2, 0.25) is 5.89 Å². The molecule has 3 rings (SSSR count). The van der Waals surface area contributed by atoms with Gasteiger partial charge in [0, 0.05) is 16.8 Å². The maximum Gasteiger partial charge on any atom is 0.277 e. The summed E-state index contributed by atoms with van der Waals surface area (Å²) < 4.78 is 10.8.